The van der Waals surface area contributed by atoms with E-state index in [1.54, 1.807) is 0 Å². The van der Waals surface area contributed by atoms with Gasteiger partial charge < -0.3 is 4.90 Å². The van der Waals surface area contributed by atoms with Crippen molar-refractivity contribution in [3.63, 3.8) is 0 Å². The lowest BCUT2D eigenvalue weighted by atomic mass is 9.95. The summed E-state index contributed by atoms with van der Waals surface area (Å²) in [5.41, 5.74) is 5.59. The summed E-state index contributed by atoms with van der Waals surface area (Å²) in [6.07, 6.45) is 4.98. The van der Waals surface area contributed by atoms with E-state index in [1.807, 2.05) is 0 Å². The molecule has 1 fully saturated rings. The summed E-state index contributed by atoms with van der Waals surface area (Å²) in [7, 11) is 2.23. The fraction of sp³-hybridized carbons (Fsp3) is 0.526. The van der Waals surface area contributed by atoms with Gasteiger partial charge in [-0.05, 0) is 43.9 Å². The molecule has 2 heterocycles. The summed E-state index contributed by atoms with van der Waals surface area (Å²) in [5.74, 6) is 0. The van der Waals surface area contributed by atoms with Crippen molar-refractivity contribution in [1.82, 2.24) is 20.0 Å². The van der Waals surface area contributed by atoms with E-state index in [-0.39, 0.29) is 0 Å². The van der Waals surface area contributed by atoms with E-state index >= 15 is 0 Å². The molecule has 1 N–H and O–H groups in total. The number of aryl methyl sites for hydroxylation is 1. The van der Waals surface area contributed by atoms with Crippen LogP contribution in [-0.2, 0) is 19.4 Å². The highest BCUT2D eigenvalue weighted by atomic mass is 15.3. The zero-order valence-corrected chi connectivity index (χ0v) is 14.0. The maximum Gasteiger partial charge on any atom is 0.0797 e. The minimum Gasteiger partial charge on any atom is -0.303 e. The molecule has 1 saturated heterocycles. The second-order valence-corrected chi connectivity index (χ2v) is 6.99. The third-order valence-electron chi connectivity index (χ3n) is 5.37. The van der Waals surface area contributed by atoms with Crippen molar-refractivity contribution >= 4 is 0 Å². The molecule has 1 unspecified atom stereocenters. The Labute approximate surface area is 138 Å². The lowest BCUT2D eigenvalue weighted by Gasteiger charge is -2.40. The van der Waals surface area contributed by atoms with Gasteiger partial charge >= 0.3 is 0 Å². The van der Waals surface area contributed by atoms with Crippen LogP contribution in [0.1, 0.15) is 41.4 Å². The summed E-state index contributed by atoms with van der Waals surface area (Å²) in [5, 5.41) is 7.95. The molecule has 1 atom stereocenters. The van der Waals surface area contributed by atoms with Crippen LogP contribution in [0, 0.1) is 0 Å². The number of aromatic nitrogens is 2. The first-order chi connectivity index (χ1) is 11.3. The number of H-pyrrole nitrogens is 1. The van der Waals surface area contributed by atoms with E-state index in [4.69, 9.17) is 0 Å². The number of rotatable bonds is 3. The molecule has 1 aliphatic heterocycles. The number of hydrogen-bond acceptors (Lipinski definition) is 3. The van der Waals surface area contributed by atoms with Crippen LogP contribution in [0.4, 0.5) is 0 Å². The summed E-state index contributed by atoms with van der Waals surface area (Å²) in [4.78, 5) is 5.05. The Bertz CT molecular complexity index is 649. The van der Waals surface area contributed by atoms with Gasteiger partial charge in [0.1, 0.15) is 0 Å². The molecule has 2 aliphatic rings. The molecule has 0 saturated carbocycles. The maximum absolute atomic E-state index is 4.66. The first kappa shape index (κ1) is 14.9. The first-order valence-electron chi connectivity index (χ1n) is 8.84. The third kappa shape index (κ3) is 3.06. The number of likely N-dealkylation sites (N-methyl/N-ethyl adjacent to an activating group) is 1. The average Bonchev–Trinajstić information content (AvgIpc) is 3.00. The number of aromatic amines is 1. The van der Waals surface area contributed by atoms with Crippen molar-refractivity contribution in [2.45, 2.75) is 38.3 Å². The summed E-state index contributed by atoms with van der Waals surface area (Å²) < 4.78 is 0. The van der Waals surface area contributed by atoms with Crippen LogP contribution in [0.5, 0.6) is 0 Å². The minimum absolute atomic E-state index is 0.464. The van der Waals surface area contributed by atoms with E-state index in [1.165, 1.54) is 48.2 Å². The Hall–Kier alpha value is -1.65. The molecule has 4 heteroatoms. The van der Waals surface area contributed by atoms with Crippen LogP contribution in [0.25, 0.3) is 0 Å². The quantitative estimate of drug-likeness (QED) is 0.947. The zero-order valence-electron chi connectivity index (χ0n) is 14.0. The van der Waals surface area contributed by atoms with E-state index in [2.05, 4.69) is 57.4 Å². The largest absolute Gasteiger partial charge is 0.303 e. The van der Waals surface area contributed by atoms with E-state index < -0.39 is 0 Å². The molecular weight excluding hydrogens is 284 g/mol. The number of piperazine rings is 1. The number of benzene rings is 1. The SMILES string of the molecule is CN1CCN(Cc2n[nH]c3c2CCCC3)C(c2ccccc2)C1. The van der Waals surface area contributed by atoms with Gasteiger partial charge in [-0.15, -0.1) is 0 Å². The van der Waals surface area contributed by atoms with Crippen molar-refractivity contribution in [3.05, 3.63) is 52.8 Å². The van der Waals surface area contributed by atoms with Crippen LogP contribution in [0.2, 0.25) is 0 Å². The van der Waals surface area contributed by atoms with Crippen LogP contribution in [0.15, 0.2) is 30.3 Å². The summed E-state index contributed by atoms with van der Waals surface area (Å²) in [6, 6.07) is 11.4. The molecular formula is C19H26N4. The summed E-state index contributed by atoms with van der Waals surface area (Å²) in [6.45, 7) is 4.31. The Morgan fingerprint density at radius 1 is 1.13 bits per heavy atom. The number of nitrogens with one attached hydrogen (secondary N) is 1. The highest BCUT2D eigenvalue weighted by Crippen LogP contribution is 2.29. The predicted molar refractivity (Wildman–Crippen MR) is 92.3 cm³/mol. The average molecular weight is 310 g/mol. The lowest BCUT2D eigenvalue weighted by molar-refractivity contribution is 0.0820. The molecule has 4 nitrogen and oxygen atoms in total. The Morgan fingerprint density at radius 3 is 2.83 bits per heavy atom. The van der Waals surface area contributed by atoms with Gasteiger partial charge in [-0.1, -0.05) is 30.3 Å². The molecule has 0 spiro atoms. The molecule has 1 aromatic heterocycles. The first-order valence-corrected chi connectivity index (χ1v) is 8.84. The Morgan fingerprint density at radius 2 is 1.96 bits per heavy atom. The topological polar surface area (TPSA) is 35.2 Å². The second kappa shape index (κ2) is 6.46. The maximum atomic E-state index is 4.66. The van der Waals surface area contributed by atoms with Crippen molar-refractivity contribution in [2.75, 3.05) is 26.7 Å². The van der Waals surface area contributed by atoms with Crippen LogP contribution >= 0.6 is 0 Å². The molecule has 1 aromatic carbocycles. The van der Waals surface area contributed by atoms with E-state index in [0.717, 1.165) is 26.2 Å². The fourth-order valence-corrected chi connectivity index (χ4v) is 4.01. The van der Waals surface area contributed by atoms with Crippen molar-refractivity contribution in [2.24, 2.45) is 0 Å². The molecule has 23 heavy (non-hydrogen) atoms. The molecule has 0 radical (unpaired) electrons. The standard InChI is InChI=1S/C19H26N4/c1-22-11-12-23(19(14-22)15-7-3-2-4-8-15)13-18-16-9-5-6-10-17(16)20-21-18/h2-4,7-8,19H,5-6,9-14H2,1H3,(H,20,21). The molecule has 4 rings (SSSR count). The van der Waals surface area contributed by atoms with Gasteiger partial charge in [0.05, 0.1) is 5.69 Å². The van der Waals surface area contributed by atoms with Crippen LogP contribution in [-0.4, -0.2) is 46.7 Å². The van der Waals surface area contributed by atoms with Gasteiger partial charge in [-0.2, -0.15) is 5.10 Å². The predicted octanol–water partition coefficient (Wildman–Crippen LogP) is 2.78. The summed E-state index contributed by atoms with van der Waals surface area (Å²) >= 11 is 0. The highest BCUT2D eigenvalue weighted by molar-refractivity contribution is 5.28. The smallest absolute Gasteiger partial charge is 0.0797 e. The molecule has 2 aromatic rings. The third-order valence-corrected chi connectivity index (χ3v) is 5.37. The minimum atomic E-state index is 0.464. The fourth-order valence-electron chi connectivity index (χ4n) is 4.01. The van der Waals surface area contributed by atoms with E-state index in [0.29, 0.717) is 6.04 Å². The van der Waals surface area contributed by atoms with Gasteiger partial charge in [0.15, 0.2) is 0 Å². The van der Waals surface area contributed by atoms with Crippen molar-refractivity contribution < 1.29 is 0 Å². The van der Waals surface area contributed by atoms with Crippen molar-refractivity contribution in [3.8, 4) is 0 Å². The van der Waals surface area contributed by atoms with Crippen LogP contribution in [0.3, 0.4) is 0 Å². The Balaban J connectivity index is 1.57. The van der Waals surface area contributed by atoms with Gasteiger partial charge in [0, 0.05) is 37.9 Å². The van der Waals surface area contributed by atoms with Gasteiger partial charge in [-0.25, -0.2) is 0 Å². The van der Waals surface area contributed by atoms with Crippen LogP contribution < -0.4 is 0 Å². The molecule has 0 bridgehead atoms. The molecule has 122 valence electrons. The Kier molecular flexibility index (Phi) is 4.19. The van der Waals surface area contributed by atoms with E-state index in [9.17, 15) is 0 Å². The highest BCUT2D eigenvalue weighted by Gasteiger charge is 2.28. The number of fused-ring (bicyclic) bond motifs is 1. The normalized spacial score (nSPS) is 22.9. The number of hydrogen-bond donors (Lipinski definition) is 1. The molecule has 0 amide bonds. The monoisotopic (exact) mass is 310 g/mol. The lowest BCUT2D eigenvalue weighted by Crippen LogP contribution is -2.46. The second-order valence-electron chi connectivity index (χ2n) is 6.99. The number of nitrogens with zero attached hydrogens (tertiary/aromatic N) is 3. The van der Waals surface area contributed by atoms with Gasteiger partial charge in [-0.3, -0.25) is 10.00 Å². The zero-order chi connectivity index (χ0) is 15.6. The van der Waals surface area contributed by atoms with Gasteiger partial charge in [0.2, 0.25) is 0 Å². The van der Waals surface area contributed by atoms with Gasteiger partial charge in [0.25, 0.3) is 0 Å². The van der Waals surface area contributed by atoms with Crippen molar-refractivity contribution in [1.29, 1.82) is 0 Å². The molecule has 1 aliphatic carbocycles.